The molecule has 0 aliphatic carbocycles. The van der Waals surface area contributed by atoms with Crippen LogP contribution in [0.25, 0.3) is 10.9 Å². The van der Waals surface area contributed by atoms with E-state index in [1.807, 2.05) is 0 Å². The van der Waals surface area contributed by atoms with Crippen LogP contribution in [0.4, 0.5) is 15.8 Å². The number of benzene rings is 1. The number of aromatic amines is 1. The number of esters is 1. The zero-order chi connectivity index (χ0) is 17.1. The van der Waals surface area contributed by atoms with Gasteiger partial charge in [-0.1, -0.05) is 0 Å². The van der Waals surface area contributed by atoms with E-state index < -0.39 is 11.8 Å². The number of ether oxygens (including phenoxy) is 2. The number of halogens is 1. The van der Waals surface area contributed by atoms with E-state index in [0.29, 0.717) is 17.0 Å². The molecule has 2 heterocycles. The molecule has 124 valence electrons. The first-order valence-electron chi connectivity index (χ1n) is 7.37. The summed E-state index contributed by atoms with van der Waals surface area (Å²) >= 11 is 0. The first kappa shape index (κ1) is 15.8. The zero-order valence-electron chi connectivity index (χ0n) is 13.2. The van der Waals surface area contributed by atoms with Crippen molar-refractivity contribution in [2.75, 3.05) is 19.0 Å². The van der Waals surface area contributed by atoms with Crippen molar-refractivity contribution in [3.05, 3.63) is 48.0 Å². The molecule has 0 radical (unpaired) electrons. The standard InChI is InChI=1S/C17H16FN3O3/c1-3-24-17(22)14-9-11-13(5-4-12(18)16(11)21-14)20-10-6-7-19-15(8-10)23-2/h4-9,21H,3H2,1-2H3,(H,19,20). The van der Waals surface area contributed by atoms with Crippen LogP contribution >= 0.6 is 0 Å². The van der Waals surface area contributed by atoms with Crippen molar-refractivity contribution in [2.45, 2.75) is 6.92 Å². The number of fused-ring (bicyclic) bond motifs is 1. The smallest absolute Gasteiger partial charge is 0.354 e. The number of hydrogen-bond acceptors (Lipinski definition) is 5. The Balaban J connectivity index is 2.01. The number of pyridine rings is 1. The quantitative estimate of drug-likeness (QED) is 0.699. The summed E-state index contributed by atoms with van der Waals surface area (Å²) in [6.07, 6.45) is 1.60. The summed E-state index contributed by atoms with van der Waals surface area (Å²) < 4.78 is 24.1. The number of H-pyrrole nitrogens is 1. The Morgan fingerprint density at radius 3 is 2.92 bits per heavy atom. The van der Waals surface area contributed by atoms with Gasteiger partial charge in [0.25, 0.3) is 0 Å². The van der Waals surface area contributed by atoms with Crippen LogP contribution in [0.3, 0.4) is 0 Å². The van der Waals surface area contributed by atoms with Crippen molar-refractivity contribution in [3.8, 4) is 5.88 Å². The molecule has 2 aromatic heterocycles. The summed E-state index contributed by atoms with van der Waals surface area (Å²) in [5.74, 6) is -0.511. The predicted molar refractivity (Wildman–Crippen MR) is 88.3 cm³/mol. The molecule has 0 atom stereocenters. The van der Waals surface area contributed by atoms with Gasteiger partial charge in [0.15, 0.2) is 0 Å². The van der Waals surface area contributed by atoms with Crippen molar-refractivity contribution in [1.82, 2.24) is 9.97 Å². The monoisotopic (exact) mass is 329 g/mol. The molecular formula is C17H16FN3O3. The third-order valence-electron chi connectivity index (χ3n) is 3.46. The molecule has 0 aliphatic heterocycles. The average molecular weight is 329 g/mol. The van der Waals surface area contributed by atoms with Crippen LogP contribution in [-0.4, -0.2) is 29.7 Å². The Morgan fingerprint density at radius 2 is 2.17 bits per heavy atom. The fourth-order valence-corrected chi connectivity index (χ4v) is 2.37. The number of methoxy groups -OCH3 is 1. The number of carbonyl (C=O) groups is 1. The summed E-state index contributed by atoms with van der Waals surface area (Å²) in [6.45, 7) is 1.96. The van der Waals surface area contributed by atoms with Gasteiger partial charge >= 0.3 is 5.97 Å². The minimum Gasteiger partial charge on any atom is -0.481 e. The maximum absolute atomic E-state index is 14.0. The van der Waals surface area contributed by atoms with Gasteiger partial charge in [0, 0.05) is 29.0 Å². The molecule has 3 rings (SSSR count). The Hall–Kier alpha value is -3.09. The van der Waals surface area contributed by atoms with Crippen LogP contribution in [0.1, 0.15) is 17.4 Å². The van der Waals surface area contributed by atoms with E-state index in [4.69, 9.17) is 9.47 Å². The topological polar surface area (TPSA) is 76.2 Å². The number of carbonyl (C=O) groups excluding carboxylic acids is 1. The van der Waals surface area contributed by atoms with Crippen molar-refractivity contribution in [3.63, 3.8) is 0 Å². The van der Waals surface area contributed by atoms with Gasteiger partial charge in [0.1, 0.15) is 11.5 Å². The molecule has 1 aromatic carbocycles. The number of rotatable bonds is 5. The van der Waals surface area contributed by atoms with Crippen molar-refractivity contribution < 1.29 is 18.7 Å². The molecule has 0 unspecified atom stereocenters. The Kier molecular flexibility index (Phi) is 4.33. The van der Waals surface area contributed by atoms with E-state index in [1.54, 1.807) is 37.4 Å². The van der Waals surface area contributed by atoms with Gasteiger partial charge in [-0.25, -0.2) is 14.2 Å². The summed E-state index contributed by atoms with van der Waals surface area (Å²) in [6, 6.07) is 7.98. The molecule has 0 saturated heterocycles. The lowest BCUT2D eigenvalue weighted by atomic mass is 10.2. The molecule has 7 heteroatoms. The van der Waals surface area contributed by atoms with Crippen molar-refractivity contribution >= 4 is 28.2 Å². The zero-order valence-corrected chi connectivity index (χ0v) is 13.2. The van der Waals surface area contributed by atoms with Gasteiger partial charge in [0.2, 0.25) is 5.88 Å². The van der Waals surface area contributed by atoms with Gasteiger partial charge in [-0.2, -0.15) is 0 Å². The van der Waals surface area contributed by atoms with Crippen LogP contribution in [-0.2, 0) is 4.74 Å². The van der Waals surface area contributed by atoms with Crippen LogP contribution in [0.5, 0.6) is 5.88 Å². The highest BCUT2D eigenvalue weighted by molar-refractivity contribution is 6.00. The van der Waals surface area contributed by atoms with E-state index in [2.05, 4.69) is 15.3 Å². The first-order chi connectivity index (χ1) is 11.6. The third-order valence-corrected chi connectivity index (χ3v) is 3.46. The number of anilines is 2. The fourth-order valence-electron chi connectivity index (χ4n) is 2.37. The van der Waals surface area contributed by atoms with E-state index in [-0.39, 0.29) is 17.8 Å². The van der Waals surface area contributed by atoms with E-state index >= 15 is 0 Å². The molecule has 0 amide bonds. The Bertz CT molecular complexity index is 892. The second-order valence-corrected chi connectivity index (χ2v) is 5.00. The molecule has 24 heavy (non-hydrogen) atoms. The normalized spacial score (nSPS) is 10.6. The number of nitrogens with one attached hydrogen (secondary N) is 2. The molecule has 6 nitrogen and oxygen atoms in total. The lowest BCUT2D eigenvalue weighted by molar-refractivity contribution is 0.0520. The van der Waals surface area contributed by atoms with Gasteiger partial charge in [0.05, 0.1) is 19.2 Å². The molecule has 0 saturated carbocycles. The lowest BCUT2D eigenvalue weighted by Crippen LogP contribution is -2.04. The lowest BCUT2D eigenvalue weighted by Gasteiger charge is -2.09. The largest absolute Gasteiger partial charge is 0.481 e. The highest BCUT2D eigenvalue weighted by atomic mass is 19.1. The van der Waals surface area contributed by atoms with E-state index in [9.17, 15) is 9.18 Å². The van der Waals surface area contributed by atoms with Crippen LogP contribution < -0.4 is 10.1 Å². The Morgan fingerprint density at radius 1 is 1.33 bits per heavy atom. The van der Waals surface area contributed by atoms with Gasteiger partial charge in [-0.05, 0) is 31.2 Å². The highest BCUT2D eigenvalue weighted by Gasteiger charge is 2.15. The van der Waals surface area contributed by atoms with Crippen molar-refractivity contribution in [1.29, 1.82) is 0 Å². The number of nitrogens with zero attached hydrogens (tertiary/aromatic N) is 1. The van der Waals surface area contributed by atoms with E-state index in [0.717, 1.165) is 5.69 Å². The maximum atomic E-state index is 14.0. The minimum atomic E-state index is -0.523. The molecule has 2 N–H and O–H groups in total. The highest BCUT2D eigenvalue weighted by Crippen LogP contribution is 2.30. The van der Waals surface area contributed by atoms with E-state index in [1.165, 1.54) is 13.2 Å². The Labute approximate surface area is 137 Å². The minimum absolute atomic E-state index is 0.201. The summed E-state index contributed by atoms with van der Waals surface area (Å²) in [4.78, 5) is 18.7. The SMILES string of the molecule is CCOC(=O)c1cc2c(Nc3ccnc(OC)c3)ccc(F)c2[nH]1. The average Bonchev–Trinajstić information content (AvgIpc) is 3.04. The molecular weight excluding hydrogens is 313 g/mol. The van der Waals surface area contributed by atoms with Crippen LogP contribution in [0.15, 0.2) is 36.5 Å². The maximum Gasteiger partial charge on any atom is 0.354 e. The second-order valence-electron chi connectivity index (χ2n) is 5.00. The molecule has 0 fully saturated rings. The van der Waals surface area contributed by atoms with Gasteiger partial charge in [-0.15, -0.1) is 0 Å². The summed E-state index contributed by atoms with van der Waals surface area (Å²) in [7, 11) is 1.53. The first-order valence-corrected chi connectivity index (χ1v) is 7.37. The van der Waals surface area contributed by atoms with Gasteiger partial charge < -0.3 is 19.8 Å². The number of aromatic nitrogens is 2. The van der Waals surface area contributed by atoms with Crippen molar-refractivity contribution in [2.24, 2.45) is 0 Å². The predicted octanol–water partition coefficient (Wildman–Crippen LogP) is 3.63. The van der Waals surface area contributed by atoms with Gasteiger partial charge in [-0.3, -0.25) is 0 Å². The van der Waals surface area contributed by atoms with Crippen LogP contribution in [0.2, 0.25) is 0 Å². The van der Waals surface area contributed by atoms with Crippen LogP contribution in [0, 0.1) is 5.82 Å². The molecule has 0 bridgehead atoms. The molecule has 3 aromatic rings. The molecule has 0 spiro atoms. The second kappa shape index (κ2) is 6.57. The number of hydrogen-bond donors (Lipinski definition) is 2. The third kappa shape index (κ3) is 3.01. The summed E-state index contributed by atoms with van der Waals surface area (Å²) in [5, 5.41) is 3.72. The molecule has 0 aliphatic rings. The fraction of sp³-hybridized carbons (Fsp3) is 0.176. The summed E-state index contributed by atoms with van der Waals surface area (Å²) in [5.41, 5.74) is 1.82.